The Kier molecular flexibility index (Phi) is 4.07. The van der Waals surface area contributed by atoms with E-state index in [1.54, 1.807) is 4.90 Å². The summed E-state index contributed by atoms with van der Waals surface area (Å²) < 4.78 is 5.85. The van der Waals surface area contributed by atoms with Crippen molar-refractivity contribution < 1.29 is 14.6 Å². The summed E-state index contributed by atoms with van der Waals surface area (Å²) in [6, 6.07) is 17.0. The fourth-order valence-corrected chi connectivity index (χ4v) is 4.31. The molecule has 4 rings (SSSR count). The number of fused-ring (bicyclic) bond motifs is 2. The maximum atomic E-state index is 13.0. The normalized spacial score (nSPS) is 31.4. The van der Waals surface area contributed by atoms with Crippen LogP contribution in [0.1, 0.15) is 31.2 Å². The quantitative estimate of drug-likeness (QED) is 0.905. The molecule has 4 nitrogen and oxygen atoms in total. The number of anilines is 1. The summed E-state index contributed by atoms with van der Waals surface area (Å²) in [5.74, 6) is -2.42. The SMILES string of the molecule is CC[C@H]1[C@H](c2ccc(Cl)cc2)C[C@@H]2O[C@@]1(O)C(=O)N2c1ccccc1. The van der Waals surface area contributed by atoms with Gasteiger partial charge in [-0.3, -0.25) is 9.69 Å². The lowest BCUT2D eigenvalue weighted by Gasteiger charge is -2.39. The molecule has 2 fully saturated rings. The molecule has 4 atom stereocenters. The van der Waals surface area contributed by atoms with E-state index < -0.39 is 12.0 Å². The van der Waals surface area contributed by atoms with Gasteiger partial charge in [0.15, 0.2) is 0 Å². The molecule has 2 bridgehead atoms. The van der Waals surface area contributed by atoms with Gasteiger partial charge in [-0.05, 0) is 42.2 Å². The first-order valence-corrected chi connectivity index (χ1v) is 8.96. The van der Waals surface area contributed by atoms with Gasteiger partial charge in [-0.1, -0.05) is 48.9 Å². The number of para-hydroxylation sites is 1. The molecule has 0 unspecified atom stereocenters. The van der Waals surface area contributed by atoms with Crippen LogP contribution in [0.2, 0.25) is 5.02 Å². The predicted molar refractivity (Wildman–Crippen MR) is 96.3 cm³/mol. The Balaban J connectivity index is 1.75. The molecule has 2 aliphatic heterocycles. The first kappa shape index (κ1) is 16.6. The molecule has 0 aliphatic carbocycles. The number of hydrogen-bond acceptors (Lipinski definition) is 3. The van der Waals surface area contributed by atoms with Gasteiger partial charge in [-0.15, -0.1) is 0 Å². The number of rotatable bonds is 3. The van der Waals surface area contributed by atoms with E-state index in [-0.39, 0.29) is 17.7 Å². The Morgan fingerprint density at radius 1 is 1.20 bits per heavy atom. The van der Waals surface area contributed by atoms with E-state index in [2.05, 4.69) is 0 Å². The van der Waals surface area contributed by atoms with Crippen LogP contribution in [-0.2, 0) is 9.53 Å². The fraction of sp³-hybridized carbons (Fsp3) is 0.350. The van der Waals surface area contributed by atoms with Crippen LogP contribution < -0.4 is 4.90 Å². The molecule has 2 aliphatic rings. The van der Waals surface area contributed by atoms with Gasteiger partial charge in [0.25, 0.3) is 11.7 Å². The van der Waals surface area contributed by atoms with Crippen molar-refractivity contribution in [1.29, 1.82) is 0 Å². The van der Waals surface area contributed by atoms with Crippen molar-refractivity contribution >= 4 is 23.2 Å². The van der Waals surface area contributed by atoms with E-state index in [0.29, 0.717) is 17.9 Å². The molecule has 2 aromatic rings. The number of amides is 1. The van der Waals surface area contributed by atoms with Crippen LogP contribution in [-0.4, -0.2) is 23.0 Å². The van der Waals surface area contributed by atoms with Crippen molar-refractivity contribution in [2.45, 2.75) is 37.7 Å². The molecule has 0 spiro atoms. The van der Waals surface area contributed by atoms with Crippen molar-refractivity contribution in [3.63, 3.8) is 0 Å². The first-order valence-electron chi connectivity index (χ1n) is 8.59. The number of carbonyl (C=O) groups is 1. The molecular weight excluding hydrogens is 338 g/mol. The number of carbonyl (C=O) groups excluding carboxylic acids is 1. The van der Waals surface area contributed by atoms with Crippen LogP contribution in [0.3, 0.4) is 0 Å². The van der Waals surface area contributed by atoms with Crippen LogP contribution in [0.4, 0.5) is 5.69 Å². The Labute approximate surface area is 152 Å². The third kappa shape index (κ3) is 2.56. The summed E-state index contributed by atoms with van der Waals surface area (Å²) in [5.41, 5.74) is 1.82. The average molecular weight is 358 g/mol. The highest BCUT2D eigenvalue weighted by Crippen LogP contribution is 2.51. The first-order chi connectivity index (χ1) is 12.0. The number of nitrogens with zero attached hydrogens (tertiary/aromatic N) is 1. The maximum Gasteiger partial charge on any atom is 0.289 e. The highest BCUT2D eigenvalue weighted by molar-refractivity contribution is 6.30. The second-order valence-electron chi connectivity index (χ2n) is 6.69. The van der Waals surface area contributed by atoms with E-state index in [1.165, 1.54) is 0 Å². The molecular formula is C20H20ClNO3. The van der Waals surface area contributed by atoms with Gasteiger partial charge in [-0.25, -0.2) is 0 Å². The lowest BCUT2D eigenvalue weighted by Crippen LogP contribution is -2.49. The monoisotopic (exact) mass is 357 g/mol. The topological polar surface area (TPSA) is 49.8 Å². The molecule has 1 amide bonds. The molecule has 2 aromatic carbocycles. The summed E-state index contributed by atoms with van der Waals surface area (Å²) in [6.07, 6.45) is 0.817. The maximum absolute atomic E-state index is 13.0. The van der Waals surface area contributed by atoms with Gasteiger partial charge in [0.05, 0.1) is 0 Å². The number of ether oxygens (including phenoxy) is 1. The van der Waals surface area contributed by atoms with E-state index >= 15 is 0 Å². The third-order valence-electron chi connectivity index (χ3n) is 5.35. The van der Waals surface area contributed by atoms with Crippen LogP contribution in [0, 0.1) is 5.92 Å². The van der Waals surface area contributed by atoms with Crippen molar-refractivity contribution in [2.75, 3.05) is 4.90 Å². The molecule has 0 radical (unpaired) electrons. The molecule has 130 valence electrons. The molecule has 0 saturated carbocycles. The lowest BCUT2D eigenvalue weighted by molar-refractivity contribution is -0.243. The Morgan fingerprint density at radius 3 is 2.52 bits per heavy atom. The van der Waals surface area contributed by atoms with Crippen molar-refractivity contribution in [3.8, 4) is 0 Å². The molecule has 0 aromatic heterocycles. The largest absolute Gasteiger partial charge is 0.358 e. The third-order valence-corrected chi connectivity index (χ3v) is 5.60. The van der Waals surface area contributed by atoms with Crippen molar-refractivity contribution in [2.24, 2.45) is 5.92 Å². The fourth-order valence-electron chi connectivity index (χ4n) is 4.18. The van der Waals surface area contributed by atoms with Gasteiger partial charge < -0.3 is 9.84 Å². The minimum atomic E-state index is -1.78. The van der Waals surface area contributed by atoms with Crippen molar-refractivity contribution in [1.82, 2.24) is 0 Å². The van der Waals surface area contributed by atoms with Gasteiger partial charge >= 0.3 is 0 Å². The summed E-state index contributed by atoms with van der Waals surface area (Å²) in [5, 5.41) is 11.8. The second kappa shape index (κ2) is 6.13. The van der Waals surface area contributed by atoms with Crippen LogP contribution in [0.15, 0.2) is 54.6 Å². The van der Waals surface area contributed by atoms with E-state index in [4.69, 9.17) is 16.3 Å². The standard InChI is InChI=1S/C20H20ClNO3/c1-2-17-16(13-8-10-14(21)11-9-13)12-18-22(15-6-4-3-5-7-15)19(23)20(17,24)25-18/h3-11,16-18,24H,2,12H2,1H3/t16-,17-,18-,20+/m0/s1. The second-order valence-corrected chi connectivity index (χ2v) is 7.12. The van der Waals surface area contributed by atoms with Crippen molar-refractivity contribution in [3.05, 3.63) is 65.2 Å². The zero-order valence-corrected chi connectivity index (χ0v) is 14.7. The Morgan fingerprint density at radius 2 is 1.88 bits per heavy atom. The Hall–Kier alpha value is -1.88. The summed E-state index contributed by atoms with van der Waals surface area (Å²) in [7, 11) is 0. The Bertz CT molecular complexity index is 779. The molecule has 2 saturated heterocycles. The average Bonchev–Trinajstić information content (AvgIpc) is 2.83. The zero-order chi connectivity index (χ0) is 17.6. The molecule has 5 heteroatoms. The van der Waals surface area contributed by atoms with E-state index in [0.717, 1.165) is 11.3 Å². The smallest absolute Gasteiger partial charge is 0.289 e. The minimum Gasteiger partial charge on any atom is -0.358 e. The number of halogens is 1. The van der Waals surface area contributed by atoms with Crippen LogP contribution in [0.5, 0.6) is 0 Å². The summed E-state index contributed by atoms with van der Waals surface area (Å²) >= 11 is 6.01. The van der Waals surface area contributed by atoms with Gasteiger partial charge in [-0.2, -0.15) is 0 Å². The summed E-state index contributed by atoms with van der Waals surface area (Å²) in [6.45, 7) is 1.98. The number of aliphatic hydroxyl groups is 1. The molecule has 25 heavy (non-hydrogen) atoms. The number of hydrogen-bond donors (Lipinski definition) is 1. The van der Waals surface area contributed by atoms with Gasteiger partial charge in [0.2, 0.25) is 0 Å². The predicted octanol–water partition coefficient (Wildman–Crippen LogP) is 3.93. The molecule has 1 N–H and O–H groups in total. The van der Waals surface area contributed by atoms with Gasteiger partial charge in [0.1, 0.15) is 6.23 Å². The van der Waals surface area contributed by atoms with Gasteiger partial charge in [0, 0.05) is 23.0 Å². The van der Waals surface area contributed by atoms with E-state index in [9.17, 15) is 9.90 Å². The van der Waals surface area contributed by atoms with Crippen LogP contribution >= 0.6 is 11.6 Å². The highest BCUT2D eigenvalue weighted by atomic mass is 35.5. The lowest BCUT2D eigenvalue weighted by atomic mass is 9.76. The van der Waals surface area contributed by atoms with Crippen LogP contribution in [0.25, 0.3) is 0 Å². The molecule has 2 heterocycles. The summed E-state index contributed by atoms with van der Waals surface area (Å²) in [4.78, 5) is 14.6. The highest BCUT2D eigenvalue weighted by Gasteiger charge is 2.62. The zero-order valence-electron chi connectivity index (χ0n) is 13.9. The van der Waals surface area contributed by atoms with E-state index in [1.807, 2.05) is 61.5 Å². The number of benzene rings is 2. The minimum absolute atomic E-state index is 0.0312.